The number of aryl methyl sites for hydroxylation is 1. The first-order chi connectivity index (χ1) is 15.1. The number of carbonyl (C=O) groups excluding carboxylic acids is 2. The molecule has 32 heavy (non-hydrogen) atoms. The Hall–Kier alpha value is -2.10. The number of benzene rings is 1. The molecule has 4 unspecified atom stereocenters. The number of aliphatic imine (C=N–C) groups is 1. The third-order valence-corrected chi connectivity index (χ3v) is 6.60. The normalized spacial score (nSPS) is 25.7. The molecule has 1 saturated heterocycles. The molecule has 1 aromatic rings. The molecule has 2 N–H and O–H groups in total. The SMILES string of the molecule is CN=C(NCCCOc1ccccc1C)NCCCN1C(=O)C2C3C=CC(C3)C2C1=O.I. The van der Waals surface area contributed by atoms with E-state index in [1.165, 1.54) is 4.90 Å². The summed E-state index contributed by atoms with van der Waals surface area (Å²) in [5, 5.41) is 6.53. The molecule has 1 saturated carbocycles. The predicted octanol–water partition coefficient (Wildman–Crippen LogP) is 2.74. The molecule has 1 aromatic carbocycles. The minimum absolute atomic E-state index is 0. The van der Waals surface area contributed by atoms with Gasteiger partial charge in [-0.05, 0) is 49.7 Å². The molecule has 4 rings (SSSR count). The summed E-state index contributed by atoms with van der Waals surface area (Å²) in [6.45, 7) is 4.53. The number of nitrogens with zero attached hydrogens (tertiary/aromatic N) is 2. The molecule has 8 heteroatoms. The lowest BCUT2D eigenvalue weighted by molar-refractivity contribution is -0.140. The van der Waals surface area contributed by atoms with Gasteiger partial charge in [0, 0.05) is 26.7 Å². The van der Waals surface area contributed by atoms with Crippen LogP contribution >= 0.6 is 24.0 Å². The van der Waals surface area contributed by atoms with E-state index in [9.17, 15) is 9.59 Å². The average molecular weight is 552 g/mol. The maximum Gasteiger partial charge on any atom is 0.233 e. The minimum Gasteiger partial charge on any atom is -0.493 e. The molecule has 3 aliphatic rings. The number of carbonyl (C=O) groups is 2. The lowest BCUT2D eigenvalue weighted by atomic mass is 9.85. The number of allylic oxidation sites excluding steroid dienone is 2. The lowest BCUT2D eigenvalue weighted by Gasteiger charge is -2.18. The molecule has 1 heterocycles. The second-order valence-electron chi connectivity index (χ2n) is 8.57. The maximum atomic E-state index is 12.7. The van der Waals surface area contributed by atoms with Gasteiger partial charge in [-0.25, -0.2) is 0 Å². The van der Waals surface area contributed by atoms with E-state index in [0.717, 1.165) is 30.7 Å². The second kappa shape index (κ2) is 11.2. The van der Waals surface area contributed by atoms with Crippen molar-refractivity contribution in [2.75, 3.05) is 33.3 Å². The number of hydrogen-bond donors (Lipinski definition) is 2. The summed E-state index contributed by atoms with van der Waals surface area (Å²) in [7, 11) is 1.73. The minimum atomic E-state index is -0.105. The Morgan fingerprint density at radius 1 is 1.06 bits per heavy atom. The van der Waals surface area contributed by atoms with Crippen molar-refractivity contribution >= 4 is 41.8 Å². The molecular weight excluding hydrogens is 519 g/mol. The van der Waals surface area contributed by atoms with Gasteiger partial charge in [0.15, 0.2) is 5.96 Å². The summed E-state index contributed by atoms with van der Waals surface area (Å²) in [5.41, 5.74) is 1.13. The number of rotatable bonds is 9. The summed E-state index contributed by atoms with van der Waals surface area (Å²) in [6, 6.07) is 7.99. The van der Waals surface area contributed by atoms with Crippen LogP contribution in [0.1, 0.15) is 24.8 Å². The van der Waals surface area contributed by atoms with E-state index >= 15 is 0 Å². The standard InChI is InChI=1S/C24H32N4O3.HI/c1-16-7-3-4-8-19(16)31-14-6-12-27-24(25-2)26-11-5-13-28-22(29)20-17-9-10-18(15-17)21(20)23(28)30;/h3-4,7-10,17-18,20-21H,5-6,11-15H2,1-2H3,(H2,25,26,27);1H. The largest absolute Gasteiger partial charge is 0.493 e. The number of imide groups is 1. The Morgan fingerprint density at radius 3 is 2.31 bits per heavy atom. The molecular formula is C24H33IN4O3. The van der Waals surface area contributed by atoms with Crippen LogP contribution in [0.4, 0.5) is 0 Å². The van der Waals surface area contributed by atoms with Crippen LogP contribution in [-0.4, -0.2) is 56.0 Å². The number of para-hydroxylation sites is 1. The van der Waals surface area contributed by atoms with Crippen molar-refractivity contribution in [2.24, 2.45) is 28.7 Å². The van der Waals surface area contributed by atoms with E-state index in [1.807, 2.05) is 31.2 Å². The van der Waals surface area contributed by atoms with Crippen molar-refractivity contribution in [1.29, 1.82) is 0 Å². The van der Waals surface area contributed by atoms with E-state index in [-0.39, 0.29) is 59.5 Å². The Bertz CT molecular complexity index is 858. The number of guanidine groups is 1. The highest BCUT2D eigenvalue weighted by atomic mass is 127. The predicted molar refractivity (Wildman–Crippen MR) is 135 cm³/mol. The number of nitrogens with one attached hydrogen (secondary N) is 2. The first-order valence-corrected chi connectivity index (χ1v) is 11.3. The number of likely N-dealkylation sites (tertiary alicyclic amines) is 1. The second-order valence-corrected chi connectivity index (χ2v) is 8.57. The van der Waals surface area contributed by atoms with Gasteiger partial charge in [0.05, 0.1) is 18.4 Å². The van der Waals surface area contributed by atoms with Crippen LogP contribution in [0, 0.1) is 30.6 Å². The van der Waals surface area contributed by atoms with Gasteiger partial charge in [-0.3, -0.25) is 19.5 Å². The smallest absolute Gasteiger partial charge is 0.233 e. The van der Waals surface area contributed by atoms with Crippen LogP contribution < -0.4 is 15.4 Å². The zero-order valence-corrected chi connectivity index (χ0v) is 21.1. The van der Waals surface area contributed by atoms with Gasteiger partial charge in [0.2, 0.25) is 11.8 Å². The lowest BCUT2D eigenvalue weighted by Crippen LogP contribution is -2.40. The number of amides is 2. The Morgan fingerprint density at radius 2 is 1.69 bits per heavy atom. The molecule has 174 valence electrons. The van der Waals surface area contributed by atoms with Gasteiger partial charge in [-0.2, -0.15) is 0 Å². The van der Waals surface area contributed by atoms with Gasteiger partial charge >= 0.3 is 0 Å². The molecule has 2 amide bonds. The van der Waals surface area contributed by atoms with Crippen LogP contribution in [0.25, 0.3) is 0 Å². The quantitative estimate of drug-likeness (QED) is 0.123. The van der Waals surface area contributed by atoms with E-state index in [2.05, 4.69) is 27.8 Å². The molecule has 7 nitrogen and oxygen atoms in total. The van der Waals surface area contributed by atoms with Crippen molar-refractivity contribution < 1.29 is 14.3 Å². The molecule has 2 fully saturated rings. The van der Waals surface area contributed by atoms with Crippen LogP contribution in [0.3, 0.4) is 0 Å². The fourth-order valence-electron chi connectivity index (χ4n) is 5.03. The summed E-state index contributed by atoms with van der Waals surface area (Å²) in [5.74, 6) is 2.03. The first kappa shape index (κ1) is 24.5. The Kier molecular flexibility index (Phi) is 8.56. The van der Waals surface area contributed by atoms with Crippen LogP contribution in [0.5, 0.6) is 5.75 Å². The average Bonchev–Trinajstić information content (AvgIpc) is 3.45. The fraction of sp³-hybridized carbons (Fsp3) is 0.542. The molecule has 2 bridgehead atoms. The van der Waals surface area contributed by atoms with E-state index in [4.69, 9.17) is 4.74 Å². The highest BCUT2D eigenvalue weighted by Gasteiger charge is 2.58. The molecule has 2 aliphatic carbocycles. The zero-order valence-electron chi connectivity index (χ0n) is 18.8. The summed E-state index contributed by atoms with van der Waals surface area (Å²) in [6.07, 6.45) is 6.79. The Balaban J connectivity index is 0.00000289. The van der Waals surface area contributed by atoms with E-state index < -0.39 is 0 Å². The summed E-state index contributed by atoms with van der Waals surface area (Å²) >= 11 is 0. The highest BCUT2D eigenvalue weighted by molar-refractivity contribution is 14.0. The van der Waals surface area contributed by atoms with Crippen molar-refractivity contribution in [1.82, 2.24) is 15.5 Å². The third kappa shape index (κ3) is 5.10. The molecule has 4 atom stereocenters. The molecule has 0 radical (unpaired) electrons. The van der Waals surface area contributed by atoms with Gasteiger partial charge in [-0.15, -0.1) is 24.0 Å². The molecule has 1 aliphatic heterocycles. The number of halogens is 1. The number of ether oxygens (including phenoxy) is 1. The molecule has 0 spiro atoms. The van der Waals surface area contributed by atoms with Gasteiger partial charge in [0.1, 0.15) is 5.75 Å². The van der Waals surface area contributed by atoms with Gasteiger partial charge in [-0.1, -0.05) is 30.4 Å². The highest BCUT2D eigenvalue weighted by Crippen LogP contribution is 2.52. The number of fused-ring (bicyclic) bond motifs is 5. The van der Waals surface area contributed by atoms with Crippen LogP contribution in [-0.2, 0) is 9.59 Å². The third-order valence-electron chi connectivity index (χ3n) is 6.60. The fourth-order valence-corrected chi connectivity index (χ4v) is 5.03. The topological polar surface area (TPSA) is 83.0 Å². The van der Waals surface area contributed by atoms with Crippen molar-refractivity contribution in [3.63, 3.8) is 0 Å². The van der Waals surface area contributed by atoms with Crippen molar-refractivity contribution in [3.8, 4) is 5.75 Å². The first-order valence-electron chi connectivity index (χ1n) is 11.3. The zero-order chi connectivity index (χ0) is 21.8. The molecule has 0 aromatic heterocycles. The van der Waals surface area contributed by atoms with Crippen molar-refractivity contribution in [3.05, 3.63) is 42.0 Å². The van der Waals surface area contributed by atoms with Crippen molar-refractivity contribution in [2.45, 2.75) is 26.2 Å². The van der Waals surface area contributed by atoms with Gasteiger partial charge in [0.25, 0.3) is 0 Å². The Labute approximate surface area is 207 Å². The summed E-state index contributed by atoms with van der Waals surface area (Å²) in [4.78, 5) is 31.1. The van der Waals surface area contributed by atoms with Gasteiger partial charge < -0.3 is 15.4 Å². The van der Waals surface area contributed by atoms with Crippen LogP contribution in [0.2, 0.25) is 0 Å². The monoisotopic (exact) mass is 552 g/mol. The maximum absolute atomic E-state index is 12.7. The summed E-state index contributed by atoms with van der Waals surface area (Å²) < 4.78 is 5.80. The van der Waals surface area contributed by atoms with E-state index in [0.29, 0.717) is 32.1 Å². The van der Waals surface area contributed by atoms with Crippen LogP contribution in [0.15, 0.2) is 41.4 Å². The van der Waals surface area contributed by atoms with E-state index in [1.54, 1.807) is 7.05 Å². The number of hydrogen-bond acceptors (Lipinski definition) is 4.